The van der Waals surface area contributed by atoms with Gasteiger partial charge in [0.25, 0.3) is 0 Å². The van der Waals surface area contributed by atoms with Crippen LogP contribution in [-0.2, 0) is 11.2 Å². The number of carboxylic acids is 1. The van der Waals surface area contributed by atoms with Crippen LogP contribution in [0.3, 0.4) is 0 Å². The number of aromatic nitrogens is 2. The van der Waals surface area contributed by atoms with Crippen molar-refractivity contribution in [2.75, 3.05) is 7.11 Å². The number of carbonyl (C=O) groups is 1. The lowest BCUT2D eigenvalue weighted by molar-refractivity contribution is -0.136. The first-order valence-electron chi connectivity index (χ1n) is 3.47. The van der Waals surface area contributed by atoms with Gasteiger partial charge in [-0.3, -0.25) is 9.78 Å². The molecule has 2 N–H and O–H groups in total. The summed E-state index contributed by atoms with van der Waals surface area (Å²) in [6, 6.07) is 0. The first-order chi connectivity index (χ1) is 6.13. The maximum absolute atomic E-state index is 10.7. The minimum absolute atomic E-state index is 0.141. The van der Waals surface area contributed by atoms with Crippen molar-refractivity contribution in [2.45, 2.75) is 6.42 Å². The Morgan fingerprint density at radius 2 is 2.46 bits per heavy atom. The van der Waals surface area contributed by atoms with E-state index in [1.165, 1.54) is 13.3 Å². The summed E-state index contributed by atoms with van der Waals surface area (Å²) in [6.45, 7) is 0. The fraction of sp³-hybridized carbons (Fsp3) is 0.286. The summed E-state index contributed by atoms with van der Waals surface area (Å²) in [4.78, 5) is 26.7. The van der Waals surface area contributed by atoms with Gasteiger partial charge in [0.2, 0.25) is 0 Å². The SMILES string of the molecule is COc1[nH]c(=O)ncc1CC(=O)O. The number of carboxylic acid groups (broad SMARTS) is 1. The molecule has 0 aliphatic heterocycles. The third-order valence-electron chi connectivity index (χ3n) is 1.40. The molecule has 0 bridgehead atoms. The Morgan fingerprint density at radius 1 is 1.77 bits per heavy atom. The Hall–Kier alpha value is -1.85. The third kappa shape index (κ3) is 2.29. The van der Waals surface area contributed by atoms with Gasteiger partial charge in [-0.2, -0.15) is 0 Å². The number of rotatable bonds is 3. The van der Waals surface area contributed by atoms with Crippen LogP contribution in [-0.4, -0.2) is 28.2 Å². The van der Waals surface area contributed by atoms with Crippen molar-refractivity contribution < 1.29 is 14.6 Å². The number of aromatic amines is 1. The van der Waals surface area contributed by atoms with Crippen molar-refractivity contribution in [3.05, 3.63) is 22.2 Å². The van der Waals surface area contributed by atoms with E-state index in [1.807, 2.05) is 0 Å². The molecule has 13 heavy (non-hydrogen) atoms. The highest BCUT2D eigenvalue weighted by molar-refractivity contribution is 5.70. The summed E-state index contributed by atoms with van der Waals surface area (Å²) >= 11 is 0. The van der Waals surface area contributed by atoms with Gasteiger partial charge >= 0.3 is 11.7 Å². The summed E-state index contributed by atoms with van der Waals surface area (Å²) in [5.74, 6) is -0.866. The number of hydrogen-bond acceptors (Lipinski definition) is 4. The van der Waals surface area contributed by atoms with Gasteiger partial charge in [-0.25, -0.2) is 9.78 Å². The fourth-order valence-electron chi connectivity index (χ4n) is 0.876. The van der Waals surface area contributed by atoms with Gasteiger partial charge in [0.05, 0.1) is 13.5 Å². The molecule has 0 amide bonds. The molecule has 0 unspecified atom stereocenters. The average molecular weight is 184 g/mol. The molecule has 6 heteroatoms. The molecule has 0 saturated heterocycles. The highest BCUT2D eigenvalue weighted by Gasteiger charge is 2.08. The van der Waals surface area contributed by atoms with Gasteiger partial charge in [0.1, 0.15) is 0 Å². The topological polar surface area (TPSA) is 92.3 Å². The van der Waals surface area contributed by atoms with E-state index in [2.05, 4.69) is 9.97 Å². The molecule has 0 radical (unpaired) electrons. The predicted octanol–water partition coefficient (Wildman–Crippen LogP) is -0.594. The van der Waals surface area contributed by atoms with E-state index in [9.17, 15) is 9.59 Å². The van der Waals surface area contributed by atoms with Gasteiger partial charge in [0.15, 0.2) is 5.88 Å². The highest BCUT2D eigenvalue weighted by Crippen LogP contribution is 2.10. The predicted molar refractivity (Wildman–Crippen MR) is 42.7 cm³/mol. The third-order valence-corrected chi connectivity index (χ3v) is 1.40. The van der Waals surface area contributed by atoms with E-state index in [4.69, 9.17) is 9.84 Å². The zero-order chi connectivity index (χ0) is 9.84. The minimum Gasteiger partial charge on any atom is -0.482 e. The lowest BCUT2D eigenvalue weighted by Gasteiger charge is -2.03. The van der Waals surface area contributed by atoms with E-state index in [0.29, 0.717) is 5.56 Å². The summed E-state index contributed by atoms with van der Waals surface area (Å²) < 4.78 is 4.77. The smallest absolute Gasteiger partial charge is 0.347 e. The lowest BCUT2D eigenvalue weighted by Crippen LogP contribution is -2.14. The average Bonchev–Trinajstić information content (AvgIpc) is 2.07. The van der Waals surface area contributed by atoms with Crippen LogP contribution >= 0.6 is 0 Å². The Labute approximate surface area is 73.2 Å². The van der Waals surface area contributed by atoms with Crippen molar-refractivity contribution in [2.24, 2.45) is 0 Å². The van der Waals surface area contributed by atoms with Crippen LogP contribution in [0.15, 0.2) is 11.0 Å². The lowest BCUT2D eigenvalue weighted by atomic mass is 10.2. The van der Waals surface area contributed by atoms with Crippen LogP contribution in [0.5, 0.6) is 5.88 Å². The number of aliphatic carboxylic acids is 1. The molecule has 1 aromatic heterocycles. The molecule has 0 spiro atoms. The standard InChI is InChI=1S/C7H8N2O4/c1-13-6-4(2-5(10)11)3-8-7(12)9-6/h3H,2H2,1H3,(H,10,11)(H,8,9,12). The molecule has 0 aliphatic carbocycles. The summed E-state index contributed by atoms with van der Waals surface area (Å²) in [7, 11) is 1.34. The van der Waals surface area contributed by atoms with E-state index in [1.54, 1.807) is 0 Å². The number of nitrogens with zero attached hydrogens (tertiary/aromatic N) is 1. The zero-order valence-electron chi connectivity index (χ0n) is 6.90. The minimum atomic E-state index is -1.01. The quantitative estimate of drug-likeness (QED) is 0.654. The molecule has 1 rings (SSSR count). The van der Waals surface area contributed by atoms with E-state index in [0.717, 1.165) is 0 Å². The largest absolute Gasteiger partial charge is 0.482 e. The maximum Gasteiger partial charge on any atom is 0.347 e. The molecule has 1 heterocycles. The van der Waals surface area contributed by atoms with Crippen LogP contribution in [0.4, 0.5) is 0 Å². The van der Waals surface area contributed by atoms with Gasteiger partial charge in [-0.05, 0) is 0 Å². The fourth-order valence-corrected chi connectivity index (χ4v) is 0.876. The molecular weight excluding hydrogens is 176 g/mol. The van der Waals surface area contributed by atoms with Crippen molar-refractivity contribution in [1.29, 1.82) is 0 Å². The normalized spacial score (nSPS) is 9.62. The van der Waals surface area contributed by atoms with Crippen LogP contribution in [0.1, 0.15) is 5.56 Å². The van der Waals surface area contributed by atoms with Crippen LogP contribution in [0, 0.1) is 0 Å². The molecule has 6 nitrogen and oxygen atoms in total. The number of H-pyrrole nitrogens is 1. The van der Waals surface area contributed by atoms with Gasteiger partial charge < -0.3 is 9.84 Å². The van der Waals surface area contributed by atoms with E-state index in [-0.39, 0.29) is 12.3 Å². The summed E-state index contributed by atoms with van der Waals surface area (Å²) in [5.41, 5.74) is -0.222. The van der Waals surface area contributed by atoms with Crippen molar-refractivity contribution in [3.63, 3.8) is 0 Å². The van der Waals surface area contributed by atoms with Crippen LogP contribution in [0.25, 0.3) is 0 Å². The second kappa shape index (κ2) is 3.70. The van der Waals surface area contributed by atoms with Crippen molar-refractivity contribution in [1.82, 2.24) is 9.97 Å². The zero-order valence-corrected chi connectivity index (χ0v) is 6.90. The second-order valence-electron chi connectivity index (χ2n) is 2.32. The van der Waals surface area contributed by atoms with Crippen LogP contribution in [0.2, 0.25) is 0 Å². The Kier molecular flexibility index (Phi) is 2.63. The molecule has 0 aliphatic rings. The Morgan fingerprint density at radius 3 is 3.00 bits per heavy atom. The molecule has 0 atom stereocenters. The molecule has 0 aromatic carbocycles. The van der Waals surface area contributed by atoms with E-state index < -0.39 is 11.7 Å². The second-order valence-corrected chi connectivity index (χ2v) is 2.32. The number of nitrogens with one attached hydrogen (secondary N) is 1. The number of ether oxygens (including phenoxy) is 1. The molecule has 1 aromatic rings. The van der Waals surface area contributed by atoms with Gasteiger partial charge in [0, 0.05) is 11.8 Å². The first-order valence-corrected chi connectivity index (χ1v) is 3.47. The first kappa shape index (κ1) is 9.24. The van der Waals surface area contributed by atoms with Gasteiger partial charge in [-0.15, -0.1) is 0 Å². The van der Waals surface area contributed by atoms with E-state index >= 15 is 0 Å². The van der Waals surface area contributed by atoms with Crippen molar-refractivity contribution >= 4 is 5.97 Å². The molecule has 0 fully saturated rings. The summed E-state index contributed by atoms with van der Waals surface area (Å²) in [5, 5.41) is 8.48. The number of hydrogen-bond donors (Lipinski definition) is 2. The monoisotopic (exact) mass is 184 g/mol. The Balaban J connectivity index is 3.06. The molecular formula is C7H8N2O4. The van der Waals surface area contributed by atoms with Crippen LogP contribution < -0.4 is 10.4 Å². The van der Waals surface area contributed by atoms with Gasteiger partial charge in [-0.1, -0.05) is 0 Å². The molecule has 0 saturated carbocycles. The Bertz CT molecular complexity index is 371. The van der Waals surface area contributed by atoms with Crippen molar-refractivity contribution in [3.8, 4) is 5.88 Å². The maximum atomic E-state index is 10.7. The highest BCUT2D eigenvalue weighted by atomic mass is 16.5. The number of methoxy groups -OCH3 is 1. The molecule has 70 valence electrons. The summed E-state index contributed by atoms with van der Waals surface area (Å²) in [6.07, 6.45) is 0.957.